The molecule has 2 atom stereocenters. The van der Waals surface area contributed by atoms with Crippen molar-refractivity contribution in [3.05, 3.63) is 29.8 Å². The molecule has 1 saturated carbocycles. The minimum Gasteiger partial charge on any atom is -0.481 e. The highest BCUT2D eigenvalue weighted by Crippen LogP contribution is 2.32. The van der Waals surface area contributed by atoms with E-state index in [2.05, 4.69) is 0 Å². The third kappa shape index (κ3) is 4.23. The highest BCUT2D eigenvalue weighted by Gasteiger charge is 2.32. The Bertz CT molecular complexity index is 620. The summed E-state index contributed by atoms with van der Waals surface area (Å²) in [7, 11) is 0.784. The van der Waals surface area contributed by atoms with Crippen LogP contribution in [0.25, 0.3) is 0 Å². The molecular formula is C18H25NO4S. The number of carbonyl (C=O) groups is 2. The van der Waals surface area contributed by atoms with Crippen LogP contribution in [-0.4, -0.2) is 39.4 Å². The summed E-state index contributed by atoms with van der Waals surface area (Å²) in [6.07, 6.45) is 4.07. The number of hydrogen-bond donors (Lipinski definition) is 1. The van der Waals surface area contributed by atoms with E-state index in [1.165, 1.54) is 0 Å². The van der Waals surface area contributed by atoms with Crippen LogP contribution in [0.5, 0.6) is 0 Å². The molecule has 0 bridgehead atoms. The lowest BCUT2D eigenvalue weighted by molar-refractivity contribution is -0.145. The second-order valence-corrected chi connectivity index (χ2v) is 7.91. The van der Waals surface area contributed by atoms with Gasteiger partial charge >= 0.3 is 5.97 Å². The quantitative estimate of drug-likeness (QED) is 0.885. The first-order valence-corrected chi connectivity index (χ1v) is 9.80. The maximum absolute atomic E-state index is 12.7. The van der Waals surface area contributed by atoms with Gasteiger partial charge in [-0.25, -0.2) is 0 Å². The maximum atomic E-state index is 12.7. The minimum atomic E-state index is -1.01. The topological polar surface area (TPSA) is 74.7 Å². The third-order valence-electron chi connectivity index (χ3n) is 5.05. The molecule has 1 aliphatic carbocycles. The standard InChI is InChI=1S/C18H25NO4S/c1-12(13-8-10-16(11-9-13)24(3)23)19(2)17(20)14-4-6-15(7-5-14)18(21)22/h8-12,14-15H,4-7H2,1-3H3,(H,21,22). The summed E-state index contributed by atoms with van der Waals surface area (Å²) in [6.45, 7) is 1.97. The van der Waals surface area contributed by atoms with E-state index < -0.39 is 16.8 Å². The lowest BCUT2D eigenvalue weighted by Gasteiger charge is -2.32. The zero-order chi connectivity index (χ0) is 17.9. The maximum Gasteiger partial charge on any atom is 0.306 e. The van der Waals surface area contributed by atoms with Gasteiger partial charge in [0.1, 0.15) is 0 Å². The number of carbonyl (C=O) groups excluding carboxylic acids is 1. The summed E-state index contributed by atoms with van der Waals surface area (Å²) in [5.41, 5.74) is 0.999. The summed E-state index contributed by atoms with van der Waals surface area (Å²) in [6, 6.07) is 7.41. The molecule has 0 aromatic heterocycles. The van der Waals surface area contributed by atoms with Crippen LogP contribution < -0.4 is 0 Å². The Labute approximate surface area is 145 Å². The van der Waals surface area contributed by atoms with Gasteiger partial charge < -0.3 is 10.0 Å². The Morgan fingerprint density at radius 3 is 2.08 bits per heavy atom. The Balaban J connectivity index is 1.99. The average Bonchev–Trinajstić information content (AvgIpc) is 2.60. The minimum absolute atomic E-state index is 0.0750. The molecule has 1 fully saturated rings. The summed E-state index contributed by atoms with van der Waals surface area (Å²) in [5.74, 6) is -1.07. The Hall–Kier alpha value is -1.69. The van der Waals surface area contributed by atoms with Crippen molar-refractivity contribution in [2.45, 2.75) is 43.5 Å². The summed E-state index contributed by atoms with van der Waals surface area (Å²) < 4.78 is 11.5. The van der Waals surface area contributed by atoms with Gasteiger partial charge in [0.25, 0.3) is 0 Å². The first-order valence-electron chi connectivity index (χ1n) is 8.24. The number of benzene rings is 1. The van der Waals surface area contributed by atoms with Crippen LogP contribution in [0, 0.1) is 11.8 Å². The van der Waals surface area contributed by atoms with Crippen LogP contribution in [0.4, 0.5) is 0 Å². The molecule has 0 saturated heterocycles. The Morgan fingerprint density at radius 1 is 1.12 bits per heavy atom. The molecule has 1 aliphatic rings. The molecule has 2 unspecified atom stereocenters. The SMILES string of the molecule is CC(c1ccc(S(C)=O)cc1)N(C)C(=O)C1CCC(C(=O)O)CC1. The number of rotatable bonds is 5. The Morgan fingerprint density at radius 2 is 1.62 bits per heavy atom. The molecule has 1 aromatic carbocycles. The third-order valence-corrected chi connectivity index (χ3v) is 5.98. The van der Waals surface area contributed by atoms with Crippen LogP contribution in [0.2, 0.25) is 0 Å². The highest BCUT2D eigenvalue weighted by molar-refractivity contribution is 7.84. The van der Waals surface area contributed by atoms with Crippen LogP contribution in [0.3, 0.4) is 0 Å². The predicted molar refractivity (Wildman–Crippen MR) is 93.0 cm³/mol. The molecule has 1 amide bonds. The van der Waals surface area contributed by atoms with E-state index in [-0.39, 0.29) is 23.8 Å². The fraction of sp³-hybridized carbons (Fsp3) is 0.556. The second kappa shape index (κ2) is 7.92. The van der Waals surface area contributed by atoms with Gasteiger partial charge in [0.15, 0.2) is 0 Å². The molecule has 5 nitrogen and oxygen atoms in total. The molecule has 0 spiro atoms. The summed E-state index contributed by atoms with van der Waals surface area (Å²) in [4.78, 5) is 26.2. The molecule has 6 heteroatoms. The van der Waals surface area contributed by atoms with Crippen molar-refractivity contribution in [2.75, 3.05) is 13.3 Å². The van der Waals surface area contributed by atoms with Gasteiger partial charge in [0, 0.05) is 34.9 Å². The van der Waals surface area contributed by atoms with Crippen molar-refractivity contribution in [3.63, 3.8) is 0 Å². The van der Waals surface area contributed by atoms with E-state index in [1.807, 2.05) is 31.2 Å². The van der Waals surface area contributed by atoms with Gasteiger partial charge in [-0.2, -0.15) is 0 Å². The largest absolute Gasteiger partial charge is 0.481 e. The molecule has 1 N–H and O–H groups in total. The monoisotopic (exact) mass is 351 g/mol. The fourth-order valence-electron chi connectivity index (χ4n) is 3.23. The summed E-state index contributed by atoms with van der Waals surface area (Å²) >= 11 is 0. The molecule has 0 heterocycles. The van der Waals surface area contributed by atoms with Crippen LogP contribution >= 0.6 is 0 Å². The highest BCUT2D eigenvalue weighted by atomic mass is 32.2. The van der Waals surface area contributed by atoms with E-state index in [1.54, 1.807) is 18.2 Å². The van der Waals surface area contributed by atoms with E-state index in [0.29, 0.717) is 25.7 Å². The predicted octanol–water partition coefficient (Wildman–Crippen LogP) is 2.83. The van der Waals surface area contributed by atoms with Gasteiger partial charge in [0.05, 0.1) is 12.0 Å². The lowest BCUT2D eigenvalue weighted by Crippen LogP contribution is -2.37. The number of carboxylic acids is 1. The zero-order valence-corrected chi connectivity index (χ0v) is 15.2. The molecular weight excluding hydrogens is 326 g/mol. The number of amides is 1. The lowest BCUT2D eigenvalue weighted by atomic mass is 9.81. The van der Waals surface area contributed by atoms with Gasteiger partial charge in [-0.15, -0.1) is 0 Å². The van der Waals surface area contributed by atoms with Crippen LogP contribution in [-0.2, 0) is 20.4 Å². The number of aliphatic carboxylic acids is 1. The van der Waals surface area contributed by atoms with Crippen molar-refractivity contribution >= 4 is 22.7 Å². The van der Waals surface area contributed by atoms with Gasteiger partial charge in [-0.05, 0) is 50.3 Å². The molecule has 132 valence electrons. The molecule has 0 radical (unpaired) electrons. The normalized spacial score (nSPS) is 23.3. The van der Waals surface area contributed by atoms with E-state index >= 15 is 0 Å². The zero-order valence-electron chi connectivity index (χ0n) is 14.4. The van der Waals surface area contributed by atoms with Crippen molar-refractivity contribution in [3.8, 4) is 0 Å². The second-order valence-electron chi connectivity index (χ2n) is 6.54. The fourth-order valence-corrected chi connectivity index (χ4v) is 3.75. The van der Waals surface area contributed by atoms with E-state index in [0.717, 1.165) is 10.5 Å². The van der Waals surface area contributed by atoms with Gasteiger partial charge in [0.2, 0.25) is 5.91 Å². The number of nitrogens with zero attached hydrogens (tertiary/aromatic N) is 1. The smallest absolute Gasteiger partial charge is 0.306 e. The van der Waals surface area contributed by atoms with Crippen molar-refractivity contribution in [2.24, 2.45) is 11.8 Å². The van der Waals surface area contributed by atoms with Crippen molar-refractivity contribution in [1.82, 2.24) is 4.90 Å². The van der Waals surface area contributed by atoms with Crippen molar-refractivity contribution in [1.29, 1.82) is 0 Å². The number of hydrogen-bond acceptors (Lipinski definition) is 3. The molecule has 1 aromatic rings. The first-order chi connectivity index (χ1) is 11.3. The van der Waals surface area contributed by atoms with Gasteiger partial charge in [-0.1, -0.05) is 12.1 Å². The van der Waals surface area contributed by atoms with E-state index in [4.69, 9.17) is 5.11 Å². The summed E-state index contributed by atoms with van der Waals surface area (Å²) in [5, 5.41) is 9.05. The Kier molecular flexibility index (Phi) is 6.15. The molecule has 2 rings (SSSR count). The van der Waals surface area contributed by atoms with Crippen LogP contribution in [0.1, 0.15) is 44.2 Å². The molecule has 24 heavy (non-hydrogen) atoms. The van der Waals surface area contributed by atoms with E-state index in [9.17, 15) is 13.8 Å². The first kappa shape index (κ1) is 18.6. The molecule has 0 aliphatic heterocycles. The van der Waals surface area contributed by atoms with Crippen LogP contribution in [0.15, 0.2) is 29.2 Å². The average molecular weight is 351 g/mol. The number of carboxylic acid groups (broad SMARTS) is 1. The van der Waals surface area contributed by atoms with Crippen molar-refractivity contribution < 1.29 is 18.9 Å². The van der Waals surface area contributed by atoms with Gasteiger partial charge in [-0.3, -0.25) is 13.8 Å².